The fourth-order valence-electron chi connectivity index (χ4n) is 1.27. The minimum absolute atomic E-state index is 0.206. The van der Waals surface area contributed by atoms with Gasteiger partial charge < -0.3 is 9.47 Å². The minimum atomic E-state index is -4.12. The lowest BCUT2D eigenvalue weighted by atomic mass is 10.1. The van der Waals surface area contributed by atoms with Crippen LogP contribution in [0.5, 0.6) is 5.75 Å². The van der Waals surface area contributed by atoms with Gasteiger partial charge in [-0.15, -0.1) is 0 Å². The molecule has 4 nitrogen and oxygen atoms in total. The van der Waals surface area contributed by atoms with Crippen LogP contribution in [0.4, 0.5) is 8.78 Å². The van der Waals surface area contributed by atoms with E-state index in [2.05, 4.69) is 4.74 Å². The summed E-state index contributed by atoms with van der Waals surface area (Å²) in [6.07, 6.45) is -0.569. The number of Topliss-reactive ketones (excluding diaryl/α,β-unsaturated/α-hetero) is 1. The Kier molecular flexibility index (Phi) is 5.41. The maximum atomic E-state index is 13.2. The van der Waals surface area contributed by atoms with E-state index in [1.165, 1.54) is 6.92 Å². The van der Waals surface area contributed by atoms with Gasteiger partial charge in [0.1, 0.15) is 5.75 Å². The molecule has 0 bridgehead atoms. The van der Waals surface area contributed by atoms with E-state index in [-0.39, 0.29) is 13.2 Å². The number of alkyl halides is 2. The zero-order valence-corrected chi connectivity index (χ0v) is 10.4. The fourth-order valence-corrected chi connectivity index (χ4v) is 1.27. The number of carbonyl (C=O) groups is 2. The number of hydrogen-bond donors (Lipinski definition) is 0. The molecule has 1 rings (SSSR count). The van der Waals surface area contributed by atoms with Gasteiger partial charge in [-0.3, -0.25) is 4.79 Å². The molecule has 0 saturated heterocycles. The number of para-hydroxylation sites is 1. The van der Waals surface area contributed by atoms with Gasteiger partial charge in [0.2, 0.25) is 5.78 Å². The van der Waals surface area contributed by atoms with Crippen LogP contribution >= 0.6 is 0 Å². The Morgan fingerprint density at radius 3 is 2.42 bits per heavy atom. The molecule has 0 N–H and O–H groups in total. The molecule has 0 aliphatic heterocycles. The molecule has 0 radical (unpaired) electrons. The van der Waals surface area contributed by atoms with Crippen LogP contribution in [0.15, 0.2) is 30.3 Å². The van der Waals surface area contributed by atoms with Crippen LogP contribution in [0.25, 0.3) is 0 Å². The van der Waals surface area contributed by atoms with E-state index < -0.39 is 24.1 Å². The summed E-state index contributed by atoms with van der Waals surface area (Å²) in [6, 6.07) is 8.46. The smallest absolute Gasteiger partial charge is 0.399 e. The van der Waals surface area contributed by atoms with E-state index in [9.17, 15) is 18.4 Å². The summed E-state index contributed by atoms with van der Waals surface area (Å²) in [5.74, 6) is -6.98. The molecule has 1 aromatic rings. The molecule has 0 aliphatic carbocycles. The highest BCUT2D eigenvalue weighted by Gasteiger charge is 2.48. The van der Waals surface area contributed by atoms with Crippen molar-refractivity contribution in [3.8, 4) is 5.75 Å². The number of rotatable bonds is 7. The highest BCUT2D eigenvalue weighted by molar-refractivity contribution is 6.05. The molecule has 0 unspecified atom stereocenters. The maximum absolute atomic E-state index is 13.2. The predicted octanol–water partition coefficient (Wildman–Crippen LogP) is 2.22. The SMILES string of the molecule is CCOC(=O)C(F)(F)C(=O)CCOc1ccccc1. The van der Waals surface area contributed by atoms with Crippen molar-refractivity contribution in [3.05, 3.63) is 30.3 Å². The second-order valence-electron chi connectivity index (χ2n) is 3.63. The Morgan fingerprint density at radius 1 is 1.21 bits per heavy atom. The number of benzene rings is 1. The van der Waals surface area contributed by atoms with Gasteiger partial charge in [0.15, 0.2) is 0 Å². The molecule has 0 fully saturated rings. The molecule has 1 aromatic carbocycles. The predicted molar refractivity (Wildman–Crippen MR) is 63.1 cm³/mol. The van der Waals surface area contributed by atoms with E-state index in [4.69, 9.17) is 4.74 Å². The van der Waals surface area contributed by atoms with Crippen molar-refractivity contribution in [2.45, 2.75) is 19.3 Å². The highest BCUT2D eigenvalue weighted by atomic mass is 19.3. The molecule has 0 amide bonds. The molecule has 6 heteroatoms. The van der Waals surface area contributed by atoms with E-state index in [0.29, 0.717) is 5.75 Å². The fraction of sp³-hybridized carbons (Fsp3) is 0.385. The minimum Gasteiger partial charge on any atom is -0.493 e. The Hall–Kier alpha value is -1.98. The first-order chi connectivity index (χ1) is 8.98. The Bertz CT molecular complexity index is 432. The first-order valence-corrected chi connectivity index (χ1v) is 5.74. The normalized spacial score (nSPS) is 10.9. The van der Waals surface area contributed by atoms with Crippen molar-refractivity contribution in [3.63, 3.8) is 0 Å². The van der Waals surface area contributed by atoms with Crippen LogP contribution in [0.2, 0.25) is 0 Å². The summed E-state index contributed by atoms with van der Waals surface area (Å²) in [7, 11) is 0. The summed E-state index contributed by atoms with van der Waals surface area (Å²) < 4.78 is 35.7. The molecule has 0 saturated carbocycles. The molecular formula is C13H14F2O4. The first-order valence-electron chi connectivity index (χ1n) is 5.74. The molecular weight excluding hydrogens is 258 g/mol. The summed E-state index contributed by atoms with van der Waals surface area (Å²) in [5, 5.41) is 0. The van der Waals surface area contributed by atoms with E-state index in [0.717, 1.165) is 0 Å². The van der Waals surface area contributed by atoms with Gasteiger partial charge in [-0.05, 0) is 19.1 Å². The van der Waals surface area contributed by atoms with Crippen LogP contribution < -0.4 is 4.74 Å². The van der Waals surface area contributed by atoms with E-state index in [1.807, 2.05) is 0 Å². The van der Waals surface area contributed by atoms with Crippen molar-refractivity contribution in [2.75, 3.05) is 13.2 Å². The number of hydrogen-bond acceptors (Lipinski definition) is 4. The lowest BCUT2D eigenvalue weighted by Crippen LogP contribution is -2.40. The third-order valence-corrected chi connectivity index (χ3v) is 2.22. The summed E-state index contributed by atoms with van der Waals surface area (Å²) >= 11 is 0. The van der Waals surface area contributed by atoms with Gasteiger partial charge in [-0.1, -0.05) is 18.2 Å². The Balaban J connectivity index is 2.44. The molecule has 19 heavy (non-hydrogen) atoms. The van der Waals surface area contributed by atoms with Gasteiger partial charge in [0, 0.05) is 6.42 Å². The summed E-state index contributed by atoms with van der Waals surface area (Å²) in [5.41, 5.74) is 0. The number of halogens is 2. The van der Waals surface area contributed by atoms with Crippen LogP contribution in [-0.4, -0.2) is 30.9 Å². The third kappa shape index (κ3) is 4.31. The molecule has 0 heterocycles. The van der Waals surface area contributed by atoms with Crippen molar-refractivity contribution >= 4 is 11.8 Å². The van der Waals surface area contributed by atoms with Crippen LogP contribution in [0.1, 0.15) is 13.3 Å². The summed E-state index contributed by atoms with van der Waals surface area (Å²) in [6.45, 7) is 0.955. The van der Waals surface area contributed by atoms with Gasteiger partial charge >= 0.3 is 11.9 Å². The van der Waals surface area contributed by atoms with Gasteiger partial charge in [0.25, 0.3) is 0 Å². The zero-order valence-electron chi connectivity index (χ0n) is 10.4. The molecule has 0 atom stereocenters. The van der Waals surface area contributed by atoms with Crippen LogP contribution in [0.3, 0.4) is 0 Å². The topological polar surface area (TPSA) is 52.6 Å². The summed E-state index contributed by atoms with van der Waals surface area (Å²) in [4.78, 5) is 22.1. The van der Waals surface area contributed by atoms with Gasteiger partial charge in [0.05, 0.1) is 13.2 Å². The first kappa shape index (κ1) is 15.1. The van der Waals surface area contributed by atoms with E-state index >= 15 is 0 Å². The van der Waals surface area contributed by atoms with Crippen molar-refractivity contribution in [2.24, 2.45) is 0 Å². The molecule has 0 aliphatic rings. The second-order valence-corrected chi connectivity index (χ2v) is 3.63. The number of ketones is 1. The zero-order chi connectivity index (χ0) is 14.3. The van der Waals surface area contributed by atoms with Gasteiger partial charge in [-0.25, -0.2) is 4.79 Å². The third-order valence-electron chi connectivity index (χ3n) is 2.22. The molecule has 0 spiro atoms. The van der Waals surface area contributed by atoms with Gasteiger partial charge in [-0.2, -0.15) is 8.78 Å². The average molecular weight is 272 g/mol. The van der Waals surface area contributed by atoms with E-state index in [1.54, 1.807) is 30.3 Å². The quantitative estimate of drug-likeness (QED) is 0.564. The molecule has 104 valence electrons. The monoisotopic (exact) mass is 272 g/mol. The average Bonchev–Trinajstić information content (AvgIpc) is 2.40. The second kappa shape index (κ2) is 6.82. The standard InChI is InChI=1S/C13H14F2O4/c1-2-18-12(17)13(14,15)11(16)8-9-19-10-6-4-3-5-7-10/h3-7H,2,8-9H2,1H3. The lowest BCUT2D eigenvalue weighted by Gasteiger charge is -2.13. The number of esters is 1. The van der Waals surface area contributed by atoms with Crippen molar-refractivity contribution in [1.29, 1.82) is 0 Å². The van der Waals surface area contributed by atoms with Crippen LogP contribution in [-0.2, 0) is 14.3 Å². The highest BCUT2D eigenvalue weighted by Crippen LogP contribution is 2.19. The van der Waals surface area contributed by atoms with Crippen LogP contribution in [0, 0.1) is 0 Å². The Morgan fingerprint density at radius 2 is 1.84 bits per heavy atom. The lowest BCUT2D eigenvalue weighted by molar-refractivity contribution is -0.176. The maximum Gasteiger partial charge on any atom is 0.399 e. The Labute approximate surface area is 109 Å². The largest absolute Gasteiger partial charge is 0.493 e. The number of carbonyl (C=O) groups excluding carboxylic acids is 2. The molecule has 0 aromatic heterocycles. The van der Waals surface area contributed by atoms with Crippen molar-refractivity contribution in [1.82, 2.24) is 0 Å². The number of ether oxygens (including phenoxy) is 2. The van der Waals surface area contributed by atoms with Crippen molar-refractivity contribution < 1.29 is 27.8 Å².